The van der Waals surface area contributed by atoms with Gasteiger partial charge in [0.25, 0.3) is 0 Å². The van der Waals surface area contributed by atoms with Crippen molar-refractivity contribution in [3.05, 3.63) is 65.2 Å². The van der Waals surface area contributed by atoms with Crippen molar-refractivity contribution in [3.8, 4) is 5.75 Å². The first-order chi connectivity index (χ1) is 17.0. The molecule has 1 spiro atoms. The summed E-state index contributed by atoms with van der Waals surface area (Å²) in [5.41, 5.74) is 11.5. The molecular formula is C29H36N4O2. The summed E-state index contributed by atoms with van der Waals surface area (Å²) in [7, 11) is 5.88. The van der Waals surface area contributed by atoms with Gasteiger partial charge in [-0.25, -0.2) is 0 Å². The van der Waals surface area contributed by atoms with Crippen molar-refractivity contribution in [2.45, 2.75) is 49.7 Å². The SMILES string of the molecule is COc1ccc2c(c1)[C@@]1(C[C@@H]1C1CCC3C(/C=C/c4ccc(CN(C)C)cc4)NNC3C1)C(=O)N2. The van der Waals surface area contributed by atoms with Crippen molar-refractivity contribution in [2.24, 2.45) is 17.8 Å². The molecule has 2 aromatic rings. The highest BCUT2D eigenvalue weighted by molar-refractivity contribution is 6.09. The first-order valence-corrected chi connectivity index (χ1v) is 12.9. The van der Waals surface area contributed by atoms with Crippen molar-refractivity contribution in [1.82, 2.24) is 15.8 Å². The average molecular weight is 473 g/mol. The summed E-state index contributed by atoms with van der Waals surface area (Å²) < 4.78 is 5.46. The Labute approximate surface area is 208 Å². The highest BCUT2D eigenvalue weighted by Gasteiger charge is 2.67. The first kappa shape index (κ1) is 22.8. The number of hydrogen-bond donors (Lipinski definition) is 3. The number of nitrogens with one attached hydrogen (secondary N) is 3. The normalized spacial score (nSPS) is 33.3. The van der Waals surface area contributed by atoms with Gasteiger partial charge in [0.15, 0.2) is 0 Å². The molecule has 3 N–H and O–H groups in total. The van der Waals surface area contributed by atoms with Gasteiger partial charge in [0.05, 0.1) is 12.5 Å². The number of anilines is 1. The van der Waals surface area contributed by atoms with Gasteiger partial charge >= 0.3 is 0 Å². The van der Waals surface area contributed by atoms with Crippen molar-refractivity contribution in [2.75, 3.05) is 26.5 Å². The Morgan fingerprint density at radius 3 is 2.71 bits per heavy atom. The number of methoxy groups -OCH3 is 1. The van der Waals surface area contributed by atoms with Crippen molar-refractivity contribution < 1.29 is 9.53 Å². The molecule has 184 valence electrons. The Bertz CT molecular complexity index is 1140. The van der Waals surface area contributed by atoms with E-state index in [1.807, 2.05) is 12.1 Å². The number of benzene rings is 2. The Balaban J connectivity index is 1.10. The maximum absolute atomic E-state index is 13.0. The molecule has 4 aliphatic rings. The molecule has 0 aromatic heterocycles. The van der Waals surface area contributed by atoms with Gasteiger partial charge < -0.3 is 15.0 Å². The number of carbonyl (C=O) groups is 1. The maximum Gasteiger partial charge on any atom is 0.235 e. The van der Waals surface area contributed by atoms with Gasteiger partial charge in [0, 0.05) is 24.3 Å². The molecule has 0 radical (unpaired) electrons. The second kappa shape index (κ2) is 8.77. The quantitative estimate of drug-likeness (QED) is 0.594. The van der Waals surface area contributed by atoms with E-state index < -0.39 is 0 Å². The monoisotopic (exact) mass is 472 g/mol. The number of amides is 1. The van der Waals surface area contributed by atoms with E-state index in [2.05, 4.69) is 77.6 Å². The Morgan fingerprint density at radius 1 is 1.11 bits per heavy atom. The van der Waals surface area contributed by atoms with Crippen molar-refractivity contribution in [3.63, 3.8) is 0 Å². The summed E-state index contributed by atoms with van der Waals surface area (Å²) in [5.74, 6) is 2.60. The van der Waals surface area contributed by atoms with Crippen LogP contribution in [0.2, 0.25) is 0 Å². The van der Waals surface area contributed by atoms with E-state index in [1.54, 1.807) is 7.11 Å². The molecule has 0 bridgehead atoms. The Hall–Kier alpha value is -2.67. The van der Waals surface area contributed by atoms with Gasteiger partial charge in [0.2, 0.25) is 5.91 Å². The van der Waals surface area contributed by atoms with E-state index in [9.17, 15) is 4.79 Å². The summed E-state index contributed by atoms with van der Waals surface area (Å²) >= 11 is 0. The van der Waals surface area contributed by atoms with Gasteiger partial charge in [-0.05, 0) is 92.4 Å². The van der Waals surface area contributed by atoms with Crippen LogP contribution >= 0.6 is 0 Å². The lowest BCUT2D eigenvalue weighted by Crippen LogP contribution is -2.37. The number of carbonyl (C=O) groups excluding carboxylic acids is 1. The Kier molecular flexibility index (Phi) is 5.71. The van der Waals surface area contributed by atoms with Crippen LogP contribution in [0.3, 0.4) is 0 Å². The molecule has 2 aromatic carbocycles. The predicted molar refractivity (Wildman–Crippen MR) is 139 cm³/mol. The maximum atomic E-state index is 13.0. The molecule has 6 atom stereocenters. The third-order valence-electron chi connectivity index (χ3n) is 8.76. The van der Waals surface area contributed by atoms with Crippen LogP contribution in [-0.2, 0) is 16.8 Å². The fourth-order valence-corrected chi connectivity index (χ4v) is 6.92. The fraction of sp³-hybridized carbons (Fsp3) is 0.483. The first-order valence-electron chi connectivity index (χ1n) is 12.9. The highest BCUT2D eigenvalue weighted by Crippen LogP contribution is 2.65. The van der Waals surface area contributed by atoms with Crippen LogP contribution in [0, 0.1) is 17.8 Å². The molecule has 1 saturated heterocycles. The average Bonchev–Trinajstić information content (AvgIpc) is 3.40. The molecule has 6 rings (SSSR count). The van der Waals surface area contributed by atoms with Crippen LogP contribution in [0.4, 0.5) is 5.69 Å². The second-order valence-corrected chi connectivity index (χ2v) is 11.1. The van der Waals surface area contributed by atoms with E-state index in [0.717, 1.165) is 36.4 Å². The largest absolute Gasteiger partial charge is 0.497 e. The van der Waals surface area contributed by atoms with E-state index in [0.29, 0.717) is 29.8 Å². The molecule has 6 heteroatoms. The van der Waals surface area contributed by atoms with E-state index in [1.165, 1.54) is 24.0 Å². The van der Waals surface area contributed by atoms with Crippen molar-refractivity contribution in [1.29, 1.82) is 0 Å². The zero-order valence-corrected chi connectivity index (χ0v) is 20.9. The summed E-state index contributed by atoms with van der Waals surface area (Å²) in [5, 5.41) is 3.13. The lowest BCUT2D eigenvalue weighted by atomic mass is 9.73. The standard InChI is InChI=1S/C29H36N4O2/c1-33(2)17-19-6-4-18(5-7-19)8-12-25-22-11-9-20(14-27(22)32-31-25)24-16-29(24)23-15-21(35-3)10-13-26(23)30-28(29)34/h4-8,10,12-13,15,20,22,24-25,27,31-32H,9,11,14,16-17H2,1-3H3,(H,30,34)/b12-8+/t20?,22?,24-,25?,27?,29-/m1/s1. The smallest absolute Gasteiger partial charge is 0.235 e. The van der Waals surface area contributed by atoms with Crippen LogP contribution in [0.1, 0.15) is 42.4 Å². The third kappa shape index (κ3) is 3.98. The Morgan fingerprint density at radius 2 is 1.94 bits per heavy atom. The minimum absolute atomic E-state index is 0.183. The number of ether oxygens (including phenoxy) is 1. The summed E-state index contributed by atoms with van der Waals surface area (Å²) in [6, 6.07) is 15.6. The van der Waals surface area contributed by atoms with Gasteiger partial charge in [-0.2, -0.15) is 0 Å². The van der Waals surface area contributed by atoms with Gasteiger partial charge in [-0.15, -0.1) is 0 Å². The van der Waals surface area contributed by atoms with E-state index in [4.69, 9.17) is 4.74 Å². The highest BCUT2D eigenvalue weighted by atomic mass is 16.5. The predicted octanol–water partition coefficient (Wildman–Crippen LogP) is 3.94. The third-order valence-corrected chi connectivity index (χ3v) is 8.76. The number of rotatable bonds is 6. The van der Waals surface area contributed by atoms with Gasteiger partial charge in [-0.3, -0.25) is 15.6 Å². The number of hydrogen-bond acceptors (Lipinski definition) is 5. The number of hydrazine groups is 1. The molecule has 2 aliphatic carbocycles. The fourth-order valence-electron chi connectivity index (χ4n) is 6.92. The van der Waals surface area contributed by atoms with E-state index >= 15 is 0 Å². The molecule has 2 saturated carbocycles. The van der Waals surface area contributed by atoms with Crippen LogP contribution < -0.4 is 20.9 Å². The molecule has 6 nitrogen and oxygen atoms in total. The minimum Gasteiger partial charge on any atom is -0.497 e. The molecule has 4 unspecified atom stereocenters. The zero-order valence-electron chi connectivity index (χ0n) is 20.9. The molecular weight excluding hydrogens is 436 g/mol. The molecule has 2 aliphatic heterocycles. The lowest BCUT2D eigenvalue weighted by Gasteiger charge is -2.33. The van der Waals surface area contributed by atoms with Gasteiger partial charge in [-0.1, -0.05) is 36.4 Å². The summed E-state index contributed by atoms with van der Waals surface area (Å²) in [6.07, 6.45) is 9.03. The number of nitrogens with zero attached hydrogens (tertiary/aromatic N) is 1. The van der Waals surface area contributed by atoms with Crippen LogP contribution in [0.15, 0.2) is 48.5 Å². The van der Waals surface area contributed by atoms with Crippen molar-refractivity contribution >= 4 is 17.7 Å². The second-order valence-electron chi connectivity index (χ2n) is 11.1. The molecule has 35 heavy (non-hydrogen) atoms. The molecule has 1 amide bonds. The summed E-state index contributed by atoms with van der Waals surface area (Å²) in [4.78, 5) is 15.2. The summed E-state index contributed by atoms with van der Waals surface area (Å²) in [6.45, 7) is 0.964. The van der Waals surface area contributed by atoms with Crippen LogP contribution in [-0.4, -0.2) is 44.1 Å². The minimum atomic E-state index is -0.342. The van der Waals surface area contributed by atoms with E-state index in [-0.39, 0.29) is 11.3 Å². The van der Waals surface area contributed by atoms with Crippen LogP contribution in [0.25, 0.3) is 6.08 Å². The zero-order chi connectivity index (χ0) is 24.2. The van der Waals surface area contributed by atoms with Gasteiger partial charge in [0.1, 0.15) is 5.75 Å². The lowest BCUT2D eigenvalue weighted by molar-refractivity contribution is -0.118. The topological polar surface area (TPSA) is 65.6 Å². The number of fused-ring (bicyclic) bond motifs is 3. The molecule has 2 heterocycles. The van der Waals surface area contributed by atoms with Crippen LogP contribution in [0.5, 0.6) is 5.75 Å². The molecule has 3 fully saturated rings.